The van der Waals surface area contributed by atoms with Crippen molar-refractivity contribution in [2.45, 2.75) is 19.1 Å². The Kier molecular flexibility index (Phi) is 7.27. The van der Waals surface area contributed by atoms with Gasteiger partial charge in [-0.2, -0.15) is 13.2 Å². The maximum Gasteiger partial charge on any atom is 0.416 e. The predicted molar refractivity (Wildman–Crippen MR) is 101 cm³/mol. The molecule has 1 aliphatic rings. The lowest BCUT2D eigenvalue weighted by atomic mass is 10.1. The third kappa shape index (κ3) is 5.71. The van der Waals surface area contributed by atoms with Crippen molar-refractivity contribution < 1.29 is 18.0 Å². The van der Waals surface area contributed by atoms with Gasteiger partial charge >= 0.3 is 6.18 Å². The van der Waals surface area contributed by atoms with Gasteiger partial charge in [-0.05, 0) is 17.2 Å². The lowest BCUT2D eigenvalue weighted by Gasteiger charge is -2.35. The molecule has 146 valence electrons. The summed E-state index contributed by atoms with van der Waals surface area (Å²) in [4.78, 5) is 16.1. The molecule has 0 spiro atoms. The van der Waals surface area contributed by atoms with Crippen molar-refractivity contribution in [1.82, 2.24) is 9.80 Å². The van der Waals surface area contributed by atoms with E-state index in [9.17, 15) is 18.0 Å². The first-order valence-corrected chi connectivity index (χ1v) is 8.62. The van der Waals surface area contributed by atoms with Crippen molar-refractivity contribution in [2.24, 2.45) is 0 Å². The molecule has 27 heavy (non-hydrogen) atoms. The zero-order chi connectivity index (χ0) is 18.6. The van der Waals surface area contributed by atoms with Crippen LogP contribution in [0.15, 0.2) is 54.6 Å². The van der Waals surface area contributed by atoms with Crippen LogP contribution in [0.3, 0.4) is 0 Å². The molecule has 0 aliphatic carbocycles. The molecule has 1 aliphatic heterocycles. The van der Waals surface area contributed by atoms with Crippen LogP contribution in [0, 0.1) is 0 Å². The van der Waals surface area contributed by atoms with Gasteiger partial charge in [0.1, 0.15) is 0 Å². The Morgan fingerprint density at radius 1 is 0.889 bits per heavy atom. The first-order chi connectivity index (χ1) is 12.4. The van der Waals surface area contributed by atoms with Crippen LogP contribution in [0.5, 0.6) is 0 Å². The van der Waals surface area contributed by atoms with E-state index >= 15 is 0 Å². The molecular formula is C20H22ClF3N2O. The Balaban J connectivity index is 0.00000261. The van der Waals surface area contributed by atoms with Crippen molar-refractivity contribution in [3.8, 4) is 0 Å². The highest BCUT2D eigenvalue weighted by atomic mass is 35.5. The van der Waals surface area contributed by atoms with Crippen LogP contribution in [-0.4, -0.2) is 41.9 Å². The second-order valence-corrected chi connectivity index (χ2v) is 6.47. The number of piperazine rings is 1. The standard InChI is InChI=1S/C20H21F3N2O.ClH/c21-20(22,23)18-9-5-4-8-17(18)15-24-10-12-25(13-11-24)19(26)14-16-6-2-1-3-7-16;/h1-9H,10-15H2;1H. The summed E-state index contributed by atoms with van der Waals surface area (Å²) in [6.07, 6.45) is -3.98. The molecule has 0 radical (unpaired) electrons. The van der Waals surface area contributed by atoms with Crippen molar-refractivity contribution >= 4 is 18.3 Å². The van der Waals surface area contributed by atoms with Gasteiger partial charge in [-0.1, -0.05) is 48.5 Å². The normalized spacial score (nSPS) is 15.3. The Morgan fingerprint density at radius 3 is 2.11 bits per heavy atom. The molecule has 3 rings (SSSR count). The maximum atomic E-state index is 13.1. The van der Waals surface area contributed by atoms with Gasteiger partial charge in [0.05, 0.1) is 12.0 Å². The molecule has 0 aromatic heterocycles. The number of hydrogen-bond acceptors (Lipinski definition) is 2. The number of benzene rings is 2. The minimum Gasteiger partial charge on any atom is -0.340 e. The fourth-order valence-corrected chi connectivity index (χ4v) is 3.21. The number of carbonyl (C=O) groups is 1. The predicted octanol–water partition coefficient (Wildman–Crippen LogP) is 4.01. The molecule has 1 saturated heterocycles. The van der Waals surface area contributed by atoms with E-state index in [0.717, 1.165) is 11.6 Å². The third-order valence-electron chi connectivity index (χ3n) is 4.64. The van der Waals surface area contributed by atoms with Crippen molar-refractivity contribution in [2.75, 3.05) is 26.2 Å². The summed E-state index contributed by atoms with van der Waals surface area (Å²) in [6, 6.07) is 15.2. The summed E-state index contributed by atoms with van der Waals surface area (Å²) in [5.41, 5.74) is 0.672. The van der Waals surface area contributed by atoms with E-state index in [1.807, 2.05) is 35.2 Å². The zero-order valence-electron chi connectivity index (χ0n) is 14.8. The molecule has 0 N–H and O–H groups in total. The van der Waals surface area contributed by atoms with Gasteiger partial charge in [0.25, 0.3) is 0 Å². The molecular weight excluding hydrogens is 377 g/mol. The molecule has 3 nitrogen and oxygen atoms in total. The summed E-state index contributed by atoms with van der Waals surface area (Å²) in [5.74, 6) is 0.0616. The van der Waals surface area contributed by atoms with Gasteiger partial charge in [0.15, 0.2) is 0 Å². The Bertz CT molecular complexity index is 744. The summed E-state index contributed by atoms with van der Waals surface area (Å²) in [6.45, 7) is 2.48. The number of carbonyl (C=O) groups excluding carboxylic acids is 1. The van der Waals surface area contributed by atoms with Gasteiger partial charge in [-0.25, -0.2) is 0 Å². The molecule has 2 aromatic carbocycles. The molecule has 2 aromatic rings. The van der Waals surface area contributed by atoms with Crippen LogP contribution in [0.4, 0.5) is 13.2 Å². The maximum absolute atomic E-state index is 13.1. The SMILES string of the molecule is Cl.O=C(Cc1ccccc1)N1CCN(Cc2ccccc2C(F)(F)F)CC1. The highest BCUT2D eigenvalue weighted by Crippen LogP contribution is 2.32. The van der Waals surface area contributed by atoms with E-state index in [4.69, 9.17) is 0 Å². The van der Waals surface area contributed by atoms with Gasteiger partial charge < -0.3 is 4.90 Å². The van der Waals surface area contributed by atoms with Gasteiger partial charge in [-0.3, -0.25) is 9.69 Å². The minimum absolute atomic E-state index is 0. The summed E-state index contributed by atoms with van der Waals surface area (Å²) in [7, 11) is 0. The van der Waals surface area contributed by atoms with Crippen LogP contribution >= 0.6 is 12.4 Å². The topological polar surface area (TPSA) is 23.6 Å². The Hall–Kier alpha value is -2.05. The zero-order valence-corrected chi connectivity index (χ0v) is 15.6. The summed E-state index contributed by atoms with van der Waals surface area (Å²) < 4.78 is 39.3. The molecule has 0 unspecified atom stereocenters. The Morgan fingerprint density at radius 2 is 1.48 bits per heavy atom. The number of amides is 1. The number of hydrogen-bond donors (Lipinski definition) is 0. The number of rotatable bonds is 4. The van der Waals surface area contributed by atoms with Crippen molar-refractivity contribution in [1.29, 1.82) is 0 Å². The second kappa shape index (κ2) is 9.24. The van der Waals surface area contributed by atoms with E-state index in [-0.39, 0.29) is 30.4 Å². The van der Waals surface area contributed by atoms with E-state index in [2.05, 4.69) is 0 Å². The molecule has 0 bridgehead atoms. The fourth-order valence-electron chi connectivity index (χ4n) is 3.21. The third-order valence-corrected chi connectivity index (χ3v) is 4.64. The average molecular weight is 399 g/mol. The van der Waals surface area contributed by atoms with E-state index < -0.39 is 11.7 Å². The first kappa shape index (κ1) is 21.3. The van der Waals surface area contributed by atoms with E-state index in [1.54, 1.807) is 11.0 Å². The second-order valence-electron chi connectivity index (χ2n) is 6.47. The number of nitrogens with zero attached hydrogens (tertiary/aromatic N) is 2. The lowest BCUT2D eigenvalue weighted by Crippen LogP contribution is -2.48. The minimum atomic E-state index is -4.34. The molecule has 0 atom stereocenters. The van der Waals surface area contributed by atoms with Crippen LogP contribution in [0.2, 0.25) is 0 Å². The smallest absolute Gasteiger partial charge is 0.340 e. The summed E-state index contributed by atoms with van der Waals surface area (Å²) in [5, 5.41) is 0. The van der Waals surface area contributed by atoms with E-state index in [0.29, 0.717) is 32.6 Å². The van der Waals surface area contributed by atoms with Crippen LogP contribution in [-0.2, 0) is 23.9 Å². The van der Waals surface area contributed by atoms with Crippen molar-refractivity contribution in [3.05, 3.63) is 71.3 Å². The molecule has 1 heterocycles. The van der Waals surface area contributed by atoms with Gasteiger partial charge in [-0.15, -0.1) is 12.4 Å². The lowest BCUT2D eigenvalue weighted by molar-refractivity contribution is -0.138. The molecule has 0 saturated carbocycles. The van der Waals surface area contributed by atoms with Crippen molar-refractivity contribution in [3.63, 3.8) is 0 Å². The van der Waals surface area contributed by atoms with Gasteiger partial charge in [0.2, 0.25) is 5.91 Å². The number of halogens is 4. The molecule has 1 fully saturated rings. The highest BCUT2D eigenvalue weighted by Gasteiger charge is 2.33. The van der Waals surface area contributed by atoms with Crippen LogP contribution in [0.1, 0.15) is 16.7 Å². The molecule has 1 amide bonds. The van der Waals surface area contributed by atoms with E-state index in [1.165, 1.54) is 12.1 Å². The first-order valence-electron chi connectivity index (χ1n) is 8.62. The summed E-state index contributed by atoms with van der Waals surface area (Å²) >= 11 is 0. The average Bonchev–Trinajstić information content (AvgIpc) is 2.63. The largest absolute Gasteiger partial charge is 0.416 e. The van der Waals surface area contributed by atoms with Crippen LogP contribution < -0.4 is 0 Å². The molecule has 7 heteroatoms. The highest BCUT2D eigenvalue weighted by molar-refractivity contribution is 5.85. The van der Waals surface area contributed by atoms with Crippen LogP contribution in [0.25, 0.3) is 0 Å². The number of alkyl halides is 3. The monoisotopic (exact) mass is 398 g/mol. The quantitative estimate of drug-likeness (QED) is 0.776. The fraction of sp³-hybridized carbons (Fsp3) is 0.350. The Labute approximate surface area is 163 Å². The van der Waals surface area contributed by atoms with Gasteiger partial charge in [0, 0.05) is 32.7 Å².